The molecule has 6 rings (SSSR count). The van der Waals surface area contributed by atoms with Gasteiger partial charge in [0.1, 0.15) is 11.5 Å². The number of benzene rings is 3. The van der Waals surface area contributed by atoms with E-state index in [1.165, 1.54) is 32.1 Å². The monoisotopic (exact) mass is 544 g/mol. The molecule has 0 amide bonds. The van der Waals surface area contributed by atoms with Crippen molar-refractivity contribution in [2.75, 3.05) is 0 Å². The first-order valence-electron chi connectivity index (χ1n) is 14.2. The van der Waals surface area contributed by atoms with Crippen LogP contribution in [-0.4, -0.2) is 32.4 Å². The van der Waals surface area contributed by atoms with Gasteiger partial charge in [0.15, 0.2) is 0 Å². The number of aromatic carboxylic acids is 2. The van der Waals surface area contributed by atoms with E-state index in [-0.39, 0.29) is 0 Å². The number of hydrogen-bond acceptors (Lipinski definition) is 4. The van der Waals surface area contributed by atoms with E-state index in [1.807, 2.05) is 0 Å². The molecule has 0 bridgehead atoms. The molecule has 4 unspecified atom stereocenters. The molecule has 212 valence electrons. The topological polar surface area (TPSA) is 115 Å². The highest BCUT2D eigenvalue weighted by molar-refractivity contribution is 5.87. The van der Waals surface area contributed by atoms with Crippen LogP contribution in [0.2, 0.25) is 0 Å². The number of fused-ring (bicyclic) bond motifs is 1. The maximum atomic E-state index is 10.4. The van der Waals surface area contributed by atoms with Gasteiger partial charge in [0.25, 0.3) is 0 Å². The van der Waals surface area contributed by atoms with Crippen LogP contribution in [0.5, 0.6) is 11.5 Å². The normalized spacial score (nSPS) is 24.2. The Morgan fingerprint density at radius 1 is 0.750 bits per heavy atom. The molecule has 0 aliphatic heterocycles. The molecular weight excluding hydrogens is 504 g/mol. The summed E-state index contributed by atoms with van der Waals surface area (Å²) in [4.78, 5) is 20.4. The lowest BCUT2D eigenvalue weighted by atomic mass is 9.53. The van der Waals surface area contributed by atoms with Gasteiger partial charge in [-0.1, -0.05) is 56.7 Å². The maximum Gasteiger partial charge on any atom is 0.335 e. The van der Waals surface area contributed by atoms with Gasteiger partial charge >= 0.3 is 11.9 Å². The number of carboxylic acids is 2. The van der Waals surface area contributed by atoms with E-state index < -0.39 is 11.9 Å². The number of aromatic hydroxyl groups is 2. The van der Waals surface area contributed by atoms with Crippen molar-refractivity contribution in [3.05, 3.63) is 95.1 Å². The summed E-state index contributed by atoms with van der Waals surface area (Å²) in [6.45, 7) is 4.76. The lowest BCUT2D eigenvalue weighted by Gasteiger charge is -2.51. The number of phenols is 2. The molecule has 0 heterocycles. The molecule has 2 saturated carbocycles. The second-order valence-corrected chi connectivity index (χ2v) is 11.7. The van der Waals surface area contributed by atoms with E-state index in [4.69, 9.17) is 10.2 Å². The van der Waals surface area contributed by atoms with Crippen LogP contribution >= 0.6 is 0 Å². The highest BCUT2D eigenvalue weighted by Crippen LogP contribution is 2.64. The van der Waals surface area contributed by atoms with Crippen LogP contribution in [0.4, 0.5) is 0 Å². The molecule has 0 radical (unpaired) electrons. The molecule has 40 heavy (non-hydrogen) atoms. The predicted octanol–water partition coefficient (Wildman–Crippen LogP) is 7.43. The fourth-order valence-electron chi connectivity index (χ4n) is 7.43. The Hall–Kier alpha value is -3.80. The Morgan fingerprint density at radius 2 is 1.27 bits per heavy atom. The quantitative estimate of drug-likeness (QED) is 0.255. The number of carbonyl (C=O) groups is 2. The minimum Gasteiger partial charge on any atom is -0.508 e. The molecule has 6 nitrogen and oxygen atoms in total. The van der Waals surface area contributed by atoms with Crippen LogP contribution in [0.1, 0.15) is 77.8 Å². The van der Waals surface area contributed by atoms with Gasteiger partial charge in [-0.05, 0) is 104 Å². The van der Waals surface area contributed by atoms with Crippen molar-refractivity contribution < 1.29 is 30.0 Å². The van der Waals surface area contributed by atoms with Crippen molar-refractivity contribution in [1.82, 2.24) is 0 Å². The third kappa shape index (κ3) is 6.16. The first-order chi connectivity index (χ1) is 19.1. The van der Waals surface area contributed by atoms with Crippen LogP contribution < -0.4 is 0 Å². The maximum absolute atomic E-state index is 10.4. The summed E-state index contributed by atoms with van der Waals surface area (Å²) in [5.74, 6) is 2.18. The molecule has 3 aliphatic carbocycles. The van der Waals surface area contributed by atoms with E-state index in [9.17, 15) is 19.8 Å². The van der Waals surface area contributed by atoms with Crippen molar-refractivity contribution in [3.63, 3.8) is 0 Å². The standard InChI is InChI=1S/C20H28O2.2C7H6O2/c1-12(2)14-8-9-20-11-16-15(18(21)6-7-19(16)22)10-13(20)4-3-5-17(14)20;2*8-7(9)6-4-2-1-3-5-6/h6-7,12-14,17,21-22H,3-5,8-11H2,1-2H3;2*1-5H,(H,8,9). The summed E-state index contributed by atoms with van der Waals surface area (Å²) in [6, 6.07) is 19.9. The number of hydrogen-bond donors (Lipinski definition) is 4. The minimum atomic E-state index is -0.879. The van der Waals surface area contributed by atoms with Gasteiger partial charge in [0, 0.05) is 11.1 Å². The molecule has 0 aromatic heterocycles. The summed E-state index contributed by atoms with van der Waals surface area (Å²) in [7, 11) is 0. The van der Waals surface area contributed by atoms with Gasteiger partial charge in [-0.25, -0.2) is 9.59 Å². The predicted molar refractivity (Wildman–Crippen MR) is 155 cm³/mol. The Labute approximate surface area is 236 Å². The highest BCUT2D eigenvalue weighted by atomic mass is 16.4. The number of carboxylic acid groups (broad SMARTS) is 2. The summed E-state index contributed by atoms with van der Waals surface area (Å²) in [5, 5.41) is 37.4. The summed E-state index contributed by atoms with van der Waals surface area (Å²) >= 11 is 0. The molecular formula is C34H40O6. The number of rotatable bonds is 3. The van der Waals surface area contributed by atoms with Gasteiger partial charge in [-0.15, -0.1) is 0 Å². The molecule has 4 atom stereocenters. The second-order valence-electron chi connectivity index (χ2n) is 11.7. The SMILES string of the molecule is CC(C)C1CCC23Cc4c(O)ccc(O)c4CC2CCCC13.O=C(O)c1ccccc1.O=C(O)c1ccccc1. The summed E-state index contributed by atoms with van der Waals surface area (Å²) in [6.07, 6.45) is 8.64. The largest absolute Gasteiger partial charge is 0.508 e. The van der Waals surface area contributed by atoms with Crippen molar-refractivity contribution in [2.24, 2.45) is 29.1 Å². The molecule has 4 N–H and O–H groups in total. The Balaban J connectivity index is 0.000000169. The van der Waals surface area contributed by atoms with Crippen LogP contribution in [0.3, 0.4) is 0 Å². The molecule has 1 spiro atoms. The van der Waals surface area contributed by atoms with E-state index in [0.717, 1.165) is 41.7 Å². The van der Waals surface area contributed by atoms with E-state index in [2.05, 4.69) is 13.8 Å². The average Bonchev–Trinajstić information content (AvgIpc) is 3.34. The molecule has 3 aromatic rings. The second kappa shape index (κ2) is 12.6. The lowest BCUT2D eigenvalue weighted by molar-refractivity contribution is 0.0147. The van der Waals surface area contributed by atoms with Gasteiger partial charge in [-0.2, -0.15) is 0 Å². The number of phenolic OH excluding ortho intramolecular Hbond substituents is 2. The van der Waals surface area contributed by atoms with Crippen molar-refractivity contribution in [3.8, 4) is 11.5 Å². The molecule has 3 aliphatic rings. The Morgan fingerprint density at radius 3 is 1.75 bits per heavy atom. The fourth-order valence-corrected chi connectivity index (χ4v) is 7.43. The Bertz CT molecular complexity index is 1250. The average molecular weight is 545 g/mol. The van der Waals surface area contributed by atoms with Crippen LogP contribution in [0, 0.1) is 29.1 Å². The van der Waals surface area contributed by atoms with Crippen LogP contribution in [-0.2, 0) is 12.8 Å². The summed E-state index contributed by atoms with van der Waals surface area (Å²) < 4.78 is 0. The van der Waals surface area contributed by atoms with Crippen LogP contribution in [0.15, 0.2) is 72.8 Å². The first kappa shape index (κ1) is 29.2. The third-order valence-corrected chi connectivity index (χ3v) is 9.32. The molecule has 3 aromatic carbocycles. The highest BCUT2D eigenvalue weighted by Gasteiger charge is 2.56. The van der Waals surface area contributed by atoms with Crippen LogP contribution in [0.25, 0.3) is 0 Å². The Kier molecular flexibility index (Phi) is 9.18. The van der Waals surface area contributed by atoms with Gasteiger partial charge in [0.05, 0.1) is 11.1 Å². The van der Waals surface area contributed by atoms with Crippen molar-refractivity contribution in [1.29, 1.82) is 0 Å². The first-order valence-corrected chi connectivity index (χ1v) is 14.2. The van der Waals surface area contributed by atoms with E-state index in [0.29, 0.717) is 34.0 Å². The minimum absolute atomic E-state index is 0.331. The lowest BCUT2D eigenvalue weighted by Crippen LogP contribution is -2.45. The van der Waals surface area contributed by atoms with Gasteiger partial charge < -0.3 is 20.4 Å². The zero-order valence-corrected chi connectivity index (χ0v) is 23.3. The van der Waals surface area contributed by atoms with Crippen molar-refractivity contribution in [2.45, 2.75) is 58.8 Å². The van der Waals surface area contributed by atoms with E-state index >= 15 is 0 Å². The fraction of sp³-hybridized carbons (Fsp3) is 0.412. The molecule has 2 fully saturated rings. The zero-order valence-electron chi connectivity index (χ0n) is 23.3. The van der Waals surface area contributed by atoms with Crippen molar-refractivity contribution >= 4 is 11.9 Å². The third-order valence-electron chi connectivity index (χ3n) is 9.32. The zero-order chi connectivity index (χ0) is 28.9. The molecule has 6 heteroatoms. The van der Waals surface area contributed by atoms with Gasteiger partial charge in [0.2, 0.25) is 0 Å². The summed E-state index contributed by atoms with van der Waals surface area (Å²) in [5.41, 5.74) is 3.14. The molecule has 0 saturated heterocycles. The smallest absolute Gasteiger partial charge is 0.335 e. The van der Waals surface area contributed by atoms with Gasteiger partial charge in [-0.3, -0.25) is 0 Å². The van der Waals surface area contributed by atoms with E-state index in [1.54, 1.807) is 72.8 Å².